The fourth-order valence-electron chi connectivity index (χ4n) is 4.01. The molecule has 4 aromatic carbocycles. The third-order valence-corrected chi connectivity index (χ3v) is 6.16. The number of rotatable bonds is 6. The number of benzene rings is 4. The van der Waals surface area contributed by atoms with Gasteiger partial charge in [-0.05, 0) is 66.3 Å². The number of hydrogen-bond donors (Lipinski definition) is 2. The summed E-state index contributed by atoms with van der Waals surface area (Å²) in [5.41, 5.74) is 9.97. The summed E-state index contributed by atoms with van der Waals surface area (Å²) in [6.07, 6.45) is 1.85. The van der Waals surface area contributed by atoms with Crippen LogP contribution in [0, 0.1) is 20.8 Å². The molecule has 0 unspecified atom stereocenters. The zero-order valence-electron chi connectivity index (χ0n) is 20.2. The Morgan fingerprint density at radius 3 is 1.57 bits per heavy atom. The minimum absolute atomic E-state index is 0.559. The van der Waals surface area contributed by atoms with Gasteiger partial charge in [0.05, 0.1) is 0 Å². The summed E-state index contributed by atoms with van der Waals surface area (Å²) in [5.74, 6) is 1.34. The normalized spacial score (nSPS) is 10.7. The highest BCUT2D eigenvalue weighted by molar-refractivity contribution is 5.74. The molecule has 1 heterocycles. The molecule has 5 rings (SSSR count). The third kappa shape index (κ3) is 5.07. The van der Waals surface area contributed by atoms with E-state index in [1.54, 1.807) is 0 Å². The summed E-state index contributed by atoms with van der Waals surface area (Å²) in [5, 5.41) is 6.96. The van der Waals surface area contributed by atoms with Crippen LogP contribution >= 0.6 is 0 Å². The summed E-state index contributed by atoms with van der Waals surface area (Å²) in [6.45, 7) is 6.21. The van der Waals surface area contributed by atoms with Crippen molar-refractivity contribution in [2.75, 3.05) is 10.6 Å². The zero-order valence-corrected chi connectivity index (χ0v) is 20.2. The molecule has 0 radical (unpaired) electrons. The Morgan fingerprint density at radius 2 is 1.03 bits per heavy atom. The lowest BCUT2D eigenvalue weighted by atomic mass is 10.0. The lowest BCUT2D eigenvalue weighted by molar-refractivity contribution is 1.13. The zero-order chi connectivity index (χ0) is 24.2. The van der Waals surface area contributed by atoms with Gasteiger partial charge in [0.2, 0.25) is 5.95 Å². The molecule has 1 aromatic heterocycles. The fourth-order valence-corrected chi connectivity index (χ4v) is 4.01. The van der Waals surface area contributed by atoms with Gasteiger partial charge >= 0.3 is 0 Å². The quantitative estimate of drug-likeness (QED) is 0.270. The van der Waals surface area contributed by atoms with E-state index in [9.17, 15) is 0 Å². The van der Waals surface area contributed by atoms with Gasteiger partial charge in [-0.3, -0.25) is 0 Å². The molecule has 0 spiro atoms. The smallest absolute Gasteiger partial charge is 0.229 e. The minimum atomic E-state index is 0.559. The summed E-state index contributed by atoms with van der Waals surface area (Å²) >= 11 is 0. The predicted molar refractivity (Wildman–Crippen MR) is 147 cm³/mol. The van der Waals surface area contributed by atoms with E-state index >= 15 is 0 Å². The summed E-state index contributed by atoms with van der Waals surface area (Å²) in [7, 11) is 0. The van der Waals surface area contributed by atoms with Crippen molar-refractivity contribution in [2.45, 2.75) is 20.8 Å². The molecule has 0 bridgehead atoms. The van der Waals surface area contributed by atoms with Crippen molar-refractivity contribution in [3.63, 3.8) is 0 Å². The van der Waals surface area contributed by atoms with Gasteiger partial charge in [-0.2, -0.15) is 4.98 Å². The van der Waals surface area contributed by atoms with E-state index in [1.165, 1.54) is 11.1 Å². The molecule has 0 atom stereocenters. The van der Waals surface area contributed by atoms with Crippen molar-refractivity contribution < 1.29 is 0 Å². The van der Waals surface area contributed by atoms with Crippen molar-refractivity contribution in [3.05, 3.63) is 120 Å². The molecule has 0 saturated heterocycles. The van der Waals surface area contributed by atoms with E-state index < -0.39 is 0 Å². The van der Waals surface area contributed by atoms with E-state index in [0.29, 0.717) is 5.95 Å². The van der Waals surface area contributed by atoms with Crippen molar-refractivity contribution in [1.29, 1.82) is 0 Å². The molecule has 4 heteroatoms. The van der Waals surface area contributed by atoms with Crippen LogP contribution < -0.4 is 10.6 Å². The fraction of sp³-hybridized carbons (Fsp3) is 0.0968. The third-order valence-electron chi connectivity index (χ3n) is 6.16. The maximum absolute atomic E-state index is 4.82. The molecular weight excluding hydrogens is 428 g/mol. The monoisotopic (exact) mass is 456 g/mol. The van der Waals surface area contributed by atoms with Gasteiger partial charge in [-0.1, -0.05) is 84.9 Å². The second kappa shape index (κ2) is 9.82. The van der Waals surface area contributed by atoms with E-state index in [4.69, 9.17) is 4.98 Å². The summed E-state index contributed by atoms with van der Waals surface area (Å²) in [4.78, 5) is 9.36. The highest BCUT2D eigenvalue weighted by Gasteiger charge is 2.10. The molecule has 0 amide bonds. The lowest BCUT2D eigenvalue weighted by Crippen LogP contribution is -2.04. The van der Waals surface area contributed by atoms with Crippen LogP contribution in [0.1, 0.15) is 16.7 Å². The number of nitrogens with zero attached hydrogens (tertiary/aromatic N) is 2. The average Bonchev–Trinajstić information content (AvgIpc) is 2.89. The van der Waals surface area contributed by atoms with Crippen LogP contribution in [-0.4, -0.2) is 9.97 Å². The molecule has 0 fully saturated rings. The average molecular weight is 457 g/mol. The van der Waals surface area contributed by atoms with Gasteiger partial charge in [0.15, 0.2) is 0 Å². The Kier molecular flexibility index (Phi) is 6.27. The molecule has 35 heavy (non-hydrogen) atoms. The maximum atomic E-state index is 4.82. The maximum Gasteiger partial charge on any atom is 0.229 e. The summed E-state index contributed by atoms with van der Waals surface area (Å²) in [6, 6.07) is 33.6. The van der Waals surface area contributed by atoms with Crippen LogP contribution in [0.5, 0.6) is 0 Å². The second-order valence-electron chi connectivity index (χ2n) is 8.77. The van der Waals surface area contributed by atoms with E-state index in [-0.39, 0.29) is 0 Å². The Labute approximate surface area is 206 Å². The van der Waals surface area contributed by atoms with Gasteiger partial charge in [0.25, 0.3) is 0 Å². The SMILES string of the molecule is Cc1ccc(-c2ccccc2)cc1Nc1ncc(C)c(Nc2cc(-c3ccccc3)ccc2C)n1. The van der Waals surface area contributed by atoms with Crippen molar-refractivity contribution in [3.8, 4) is 22.3 Å². The summed E-state index contributed by atoms with van der Waals surface area (Å²) < 4.78 is 0. The van der Waals surface area contributed by atoms with Crippen molar-refractivity contribution >= 4 is 23.1 Å². The van der Waals surface area contributed by atoms with Gasteiger partial charge < -0.3 is 10.6 Å². The number of aryl methyl sites for hydroxylation is 3. The van der Waals surface area contributed by atoms with E-state index in [1.807, 2.05) is 25.3 Å². The molecule has 5 aromatic rings. The standard InChI is InChI=1S/C31H28N4/c1-21-14-16-26(24-10-6-4-7-11-24)18-28(21)33-30-23(3)20-32-31(35-30)34-29-19-27(17-15-22(29)2)25-12-8-5-9-13-25/h4-20H,1-3H3,(H2,32,33,34,35). The van der Waals surface area contributed by atoms with Crippen LogP contribution in [0.3, 0.4) is 0 Å². The Morgan fingerprint density at radius 1 is 0.514 bits per heavy atom. The first-order chi connectivity index (χ1) is 17.1. The van der Waals surface area contributed by atoms with Crippen molar-refractivity contribution in [1.82, 2.24) is 9.97 Å². The first kappa shape index (κ1) is 22.4. The van der Waals surface area contributed by atoms with Crippen LogP contribution in [0.25, 0.3) is 22.3 Å². The number of anilines is 4. The number of nitrogens with one attached hydrogen (secondary N) is 2. The molecule has 2 N–H and O–H groups in total. The Balaban J connectivity index is 1.43. The van der Waals surface area contributed by atoms with Crippen LogP contribution in [0.2, 0.25) is 0 Å². The molecule has 0 aliphatic carbocycles. The van der Waals surface area contributed by atoms with Gasteiger partial charge in [-0.15, -0.1) is 0 Å². The first-order valence-corrected chi connectivity index (χ1v) is 11.8. The molecular formula is C31H28N4. The first-order valence-electron chi connectivity index (χ1n) is 11.8. The second-order valence-corrected chi connectivity index (χ2v) is 8.77. The topological polar surface area (TPSA) is 49.8 Å². The number of hydrogen-bond acceptors (Lipinski definition) is 4. The van der Waals surface area contributed by atoms with Gasteiger partial charge in [0.1, 0.15) is 5.82 Å². The molecule has 0 aliphatic heterocycles. The highest BCUT2D eigenvalue weighted by Crippen LogP contribution is 2.30. The predicted octanol–water partition coefficient (Wildman–Crippen LogP) is 8.22. The van der Waals surface area contributed by atoms with Crippen LogP contribution in [0.4, 0.5) is 23.1 Å². The van der Waals surface area contributed by atoms with Crippen LogP contribution in [-0.2, 0) is 0 Å². The van der Waals surface area contributed by atoms with Crippen LogP contribution in [0.15, 0.2) is 103 Å². The van der Waals surface area contributed by atoms with Gasteiger partial charge in [-0.25, -0.2) is 4.98 Å². The molecule has 172 valence electrons. The van der Waals surface area contributed by atoms with E-state index in [2.05, 4.69) is 114 Å². The minimum Gasteiger partial charge on any atom is -0.340 e. The Hall–Kier alpha value is -4.44. The molecule has 0 aliphatic rings. The number of aromatic nitrogens is 2. The van der Waals surface area contributed by atoms with Gasteiger partial charge in [0, 0.05) is 23.1 Å². The largest absolute Gasteiger partial charge is 0.340 e. The Bertz CT molecular complexity index is 1460. The lowest BCUT2D eigenvalue weighted by Gasteiger charge is -2.15. The molecule has 4 nitrogen and oxygen atoms in total. The van der Waals surface area contributed by atoms with Crippen molar-refractivity contribution in [2.24, 2.45) is 0 Å². The highest BCUT2D eigenvalue weighted by atomic mass is 15.1. The van der Waals surface area contributed by atoms with E-state index in [0.717, 1.165) is 45.0 Å². The molecule has 0 saturated carbocycles.